The fourth-order valence-electron chi connectivity index (χ4n) is 4.05. The largest absolute Gasteiger partial charge is 0.368 e. The zero-order valence-electron chi connectivity index (χ0n) is 17.9. The van der Waals surface area contributed by atoms with E-state index in [1.165, 1.54) is 19.9 Å². The van der Waals surface area contributed by atoms with E-state index in [0.29, 0.717) is 30.9 Å². The van der Waals surface area contributed by atoms with E-state index in [1.807, 2.05) is 18.2 Å². The van der Waals surface area contributed by atoms with Crippen molar-refractivity contribution in [3.8, 4) is 11.4 Å². The van der Waals surface area contributed by atoms with Crippen LogP contribution in [0.15, 0.2) is 30.5 Å². The number of rotatable bonds is 6. The van der Waals surface area contributed by atoms with Crippen LogP contribution in [-0.4, -0.2) is 67.1 Å². The monoisotopic (exact) mass is 428 g/mol. The van der Waals surface area contributed by atoms with Crippen molar-refractivity contribution in [3.05, 3.63) is 47.5 Å². The van der Waals surface area contributed by atoms with E-state index in [0.717, 1.165) is 12.2 Å². The summed E-state index contributed by atoms with van der Waals surface area (Å²) in [5.74, 6) is -0.291. The molecule has 0 unspecified atom stereocenters. The van der Waals surface area contributed by atoms with Gasteiger partial charge in [-0.05, 0) is 55.8 Å². The van der Waals surface area contributed by atoms with Crippen molar-refractivity contribution in [2.45, 2.75) is 45.4 Å². The van der Waals surface area contributed by atoms with Gasteiger partial charge in [0.1, 0.15) is 11.5 Å². The minimum absolute atomic E-state index is 0.117. The van der Waals surface area contributed by atoms with Crippen molar-refractivity contribution in [1.29, 1.82) is 0 Å². The zero-order valence-corrected chi connectivity index (χ0v) is 17.9. The zero-order chi connectivity index (χ0) is 22.0. The molecular weight excluding hydrogens is 402 g/mol. The molecule has 1 N–H and O–H groups in total. The third kappa shape index (κ3) is 5.01. The molecule has 3 aromatic rings. The summed E-state index contributed by atoms with van der Waals surface area (Å²) >= 11 is 0. The Kier molecular flexibility index (Phi) is 5.90. The Bertz CT molecular complexity index is 1000. The number of aromatic nitrogens is 6. The number of hydrogen-bond donors (Lipinski definition) is 1. The van der Waals surface area contributed by atoms with Gasteiger partial charge in [0.2, 0.25) is 5.82 Å². The molecular formula is C21H26F2N8. The maximum absolute atomic E-state index is 15.2. The molecule has 0 amide bonds. The Morgan fingerprint density at radius 3 is 2.71 bits per heavy atom. The third-order valence-corrected chi connectivity index (χ3v) is 5.42. The maximum Gasteiger partial charge on any atom is 0.209 e. The standard InChI is InChI=1S/C21H26F2N8/c1-14-12-31(8-7-30(14)13-16-5-4-6-24-25-16)18-10-15(11-21(2,3)23)9-17(22)19(18)20-26-28-29-27-20/h4-6,9-10,14H,7-8,11-13H2,1-3H3,(H,26,27,28,29)/t14-/m0/s1. The molecule has 1 fully saturated rings. The Morgan fingerprint density at radius 2 is 2.06 bits per heavy atom. The number of anilines is 1. The quantitative estimate of drug-likeness (QED) is 0.646. The van der Waals surface area contributed by atoms with Gasteiger partial charge in [0.15, 0.2) is 0 Å². The molecule has 3 heterocycles. The summed E-state index contributed by atoms with van der Waals surface area (Å²) in [5.41, 5.74) is 1.01. The first-order valence-corrected chi connectivity index (χ1v) is 10.3. The molecule has 10 heteroatoms. The highest BCUT2D eigenvalue weighted by Crippen LogP contribution is 2.35. The Hall–Kier alpha value is -3.01. The number of nitrogens with zero attached hydrogens (tertiary/aromatic N) is 7. The van der Waals surface area contributed by atoms with E-state index >= 15 is 4.39 Å². The van der Waals surface area contributed by atoms with Crippen LogP contribution < -0.4 is 4.90 Å². The van der Waals surface area contributed by atoms with Crippen LogP contribution in [0.2, 0.25) is 0 Å². The van der Waals surface area contributed by atoms with E-state index < -0.39 is 11.5 Å². The van der Waals surface area contributed by atoms with E-state index in [4.69, 9.17) is 0 Å². The van der Waals surface area contributed by atoms with E-state index in [-0.39, 0.29) is 23.9 Å². The molecule has 0 saturated carbocycles. The first-order chi connectivity index (χ1) is 14.8. The van der Waals surface area contributed by atoms with Gasteiger partial charge in [0.05, 0.1) is 16.9 Å². The number of halogens is 2. The first kappa shape index (κ1) is 21.2. The van der Waals surface area contributed by atoms with Crippen LogP contribution in [0.5, 0.6) is 0 Å². The molecule has 0 bridgehead atoms. The van der Waals surface area contributed by atoms with Gasteiger partial charge in [-0.25, -0.2) is 8.78 Å². The van der Waals surface area contributed by atoms with Crippen molar-refractivity contribution in [2.75, 3.05) is 24.5 Å². The predicted octanol–water partition coefficient (Wildman–Crippen LogP) is 2.80. The lowest BCUT2D eigenvalue weighted by Crippen LogP contribution is -2.51. The molecule has 0 radical (unpaired) electrons. The highest BCUT2D eigenvalue weighted by Gasteiger charge is 2.29. The van der Waals surface area contributed by atoms with Gasteiger partial charge < -0.3 is 4.90 Å². The molecule has 1 aliphatic rings. The first-order valence-electron chi connectivity index (χ1n) is 10.3. The summed E-state index contributed by atoms with van der Waals surface area (Å²) in [6.45, 7) is 7.93. The number of aromatic amines is 1. The van der Waals surface area contributed by atoms with Crippen LogP contribution >= 0.6 is 0 Å². The van der Waals surface area contributed by atoms with Crippen LogP contribution in [0.3, 0.4) is 0 Å². The molecule has 1 aliphatic heterocycles. The SMILES string of the molecule is C[C@H]1CN(c2cc(CC(C)(C)F)cc(F)c2-c2nn[nH]n2)CCN1Cc1cccnn1. The molecule has 2 aromatic heterocycles. The van der Waals surface area contributed by atoms with E-state index in [1.54, 1.807) is 6.20 Å². The molecule has 8 nitrogen and oxygen atoms in total. The van der Waals surface area contributed by atoms with Crippen molar-refractivity contribution in [2.24, 2.45) is 0 Å². The highest BCUT2D eigenvalue weighted by molar-refractivity contribution is 5.76. The maximum atomic E-state index is 15.2. The van der Waals surface area contributed by atoms with Gasteiger partial charge in [-0.3, -0.25) is 4.90 Å². The predicted molar refractivity (Wildman–Crippen MR) is 113 cm³/mol. The summed E-state index contributed by atoms with van der Waals surface area (Å²) in [5, 5.41) is 22.0. The summed E-state index contributed by atoms with van der Waals surface area (Å²) in [7, 11) is 0. The molecule has 31 heavy (non-hydrogen) atoms. The number of benzene rings is 1. The highest BCUT2D eigenvalue weighted by atomic mass is 19.1. The fourth-order valence-corrected chi connectivity index (χ4v) is 4.05. The van der Waals surface area contributed by atoms with Crippen molar-refractivity contribution in [1.82, 2.24) is 35.7 Å². The van der Waals surface area contributed by atoms with Crippen LogP contribution in [0.4, 0.5) is 14.5 Å². The Labute approximate surface area is 179 Å². The molecule has 0 aliphatic carbocycles. The third-order valence-electron chi connectivity index (χ3n) is 5.42. The van der Waals surface area contributed by atoms with Crippen molar-refractivity contribution < 1.29 is 8.78 Å². The number of piperazine rings is 1. The minimum Gasteiger partial charge on any atom is -0.368 e. The van der Waals surface area contributed by atoms with Gasteiger partial charge >= 0.3 is 0 Å². The van der Waals surface area contributed by atoms with Gasteiger partial charge in [0, 0.05) is 44.8 Å². The van der Waals surface area contributed by atoms with Crippen LogP contribution in [-0.2, 0) is 13.0 Å². The summed E-state index contributed by atoms with van der Waals surface area (Å²) in [6, 6.07) is 7.24. The summed E-state index contributed by atoms with van der Waals surface area (Å²) in [4.78, 5) is 4.43. The number of nitrogens with one attached hydrogen (secondary N) is 1. The van der Waals surface area contributed by atoms with Gasteiger partial charge in [0.25, 0.3) is 0 Å². The molecule has 1 aromatic carbocycles. The van der Waals surface area contributed by atoms with Crippen LogP contribution in [0.25, 0.3) is 11.4 Å². The molecule has 4 rings (SSSR count). The average Bonchev–Trinajstić information content (AvgIpc) is 3.23. The van der Waals surface area contributed by atoms with Crippen molar-refractivity contribution in [3.63, 3.8) is 0 Å². The van der Waals surface area contributed by atoms with Gasteiger partial charge in [-0.1, -0.05) is 0 Å². The number of H-pyrrole nitrogens is 1. The summed E-state index contributed by atoms with van der Waals surface area (Å²) in [6.07, 6.45) is 1.77. The van der Waals surface area contributed by atoms with Crippen LogP contribution in [0, 0.1) is 5.82 Å². The second kappa shape index (κ2) is 8.62. The summed E-state index contributed by atoms with van der Waals surface area (Å²) < 4.78 is 29.5. The lowest BCUT2D eigenvalue weighted by atomic mass is 9.96. The van der Waals surface area contributed by atoms with Crippen molar-refractivity contribution >= 4 is 5.69 Å². The number of alkyl halides is 1. The second-order valence-corrected chi connectivity index (χ2v) is 8.58. The normalized spacial score (nSPS) is 17.8. The lowest BCUT2D eigenvalue weighted by Gasteiger charge is -2.41. The molecule has 1 saturated heterocycles. The Morgan fingerprint density at radius 1 is 1.23 bits per heavy atom. The van der Waals surface area contributed by atoms with E-state index in [9.17, 15) is 4.39 Å². The van der Waals surface area contributed by atoms with Gasteiger partial charge in [-0.2, -0.15) is 15.4 Å². The van der Waals surface area contributed by atoms with Crippen LogP contribution in [0.1, 0.15) is 32.0 Å². The topological polar surface area (TPSA) is 86.7 Å². The second-order valence-electron chi connectivity index (χ2n) is 8.58. The molecule has 0 spiro atoms. The molecule has 164 valence electrons. The van der Waals surface area contributed by atoms with E-state index in [2.05, 4.69) is 47.5 Å². The molecule has 1 atom stereocenters. The average molecular weight is 428 g/mol. The number of hydrogen-bond acceptors (Lipinski definition) is 7. The Balaban J connectivity index is 1.62. The number of tetrazole rings is 1. The minimum atomic E-state index is -1.44. The fraction of sp³-hybridized carbons (Fsp3) is 0.476. The lowest BCUT2D eigenvalue weighted by molar-refractivity contribution is 0.178. The van der Waals surface area contributed by atoms with Gasteiger partial charge in [-0.15, -0.1) is 10.2 Å². The smallest absolute Gasteiger partial charge is 0.209 e.